The monoisotopic (exact) mass is 785 g/mol. The number of nitrogens with one attached hydrogen (secondary N) is 3. The summed E-state index contributed by atoms with van der Waals surface area (Å²) in [5.74, 6) is -2.03. The number of rotatable bonds is 41. The molecule has 0 rings (SSSR count). The highest BCUT2D eigenvalue weighted by Gasteiger charge is 2.15. The first kappa shape index (κ1) is 51.4. The van der Waals surface area contributed by atoms with Crippen LogP contribution in [-0.2, 0) is 71.3 Å². The van der Waals surface area contributed by atoms with Gasteiger partial charge in [0.15, 0.2) is 0 Å². The van der Waals surface area contributed by atoms with Crippen LogP contribution in [0, 0.1) is 0 Å². The summed E-state index contributed by atoms with van der Waals surface area (Å²) < 4.78 is 60.6. The van der Waals surface area contributed by atoms with E-state index in [1.165, 1.54) is 0 Å². The molecule has 0 aliphatic carbocycles. The fraction of sp³-hybridized carbons (Fsp3) is 0.886. The molecular formula is C35H67N3O16. The number of hydrogen-bond acceptors (Lipinski definition) is 15. The summed E-state index contributed by atoms with van der Waals surface area (Å²) >= 11 is 0. The van der Waals surface area contributed by atoms with Crippen molar-refractivity contribution < 1.29 is 76.4 Å². The Labute approximate surface area is 319 Å². The number of hydrogen-bond donors (Lipinski definition) is 4. The van der Waals surface area contributed by atoms with E-state index < -0.39 is 18.0 Å². The molecule has 0 fully saturated rings. The highest BCUT2D eigenvalue weighted by atomic mass is 16.6. The molecule has 3 unspecified atom stereocenters. The van der Waals surface area contributed by atoms with E-state index in [1.54, 1.807) is 0 Å². The third-order valence-corrected chi connectivity index (χ3v) is 6.85. The molecule has 54 heavy (non-hydrogen) atoms. The van der Waals surface area contributed by atoms with Crippen LogP contribution < -0.4 is 16.0 Å². The van der Waals surface area contributed by atoms with Crippen LogP contribution in [0.25, 0.3) is 0 Å². The number of carboxylic acids is 1. The van der Waals surface area contributed by atoms with E-state index in [0.717, 1.165) is 6.42 Å². The van der Waals surface area contributed by atoms with Crippen molar-refractivity contribution in [2.75, 3.05) is 145 Å². The van der Waals surface area contributed by atoms with Gasteiger partial charge in [0.05, 0.1) is 98.4 Å². The molecule has 0 aliphatic heterocycles. The molecule has 19 heteroatoms. The van der Waals surface area contributed by atoms with Gasteiger partial charge in [0.2, 0.25) is 17.7 Å². The van der Waals surface area contributed by atoms with E-state index in [1.807, 2.05) is 27.7 Å². The molecule has 0 heterocycles. The van der Waals surface area contributed by atoms with Gasteiger partial charge in [0, 0.05) is 39.5 Å². The molecule has 0 aromatic rings. The van der Waals surface area contributed by atoms with Crippen LogP contribution in [0.2, 0.25) is 0 Å². The number of aliphatic carboxylic acids is 1. The summed E-state index contributed by atoms with van der Waals surface area (Å²) in [6.45, 7) is 13.0. The van der Waals surface area contributed by atoms with Gasteiger partial charge in [-0.3, -0.25) is 19.2 Å². The van der Waals surface area contributed by atoms with Gasteiger partial charge in [-0.1, -0.05) is 6.92 Å². The SMILES string of the molecule is CCOCCOCC(COCC)OCC(=O)NCCOCCOCC(COCCOCCNC(=O)COC(CC)COCC)OCC(=O)NCCC(=O)O. The first-order valence-electron chi connectivity index (χ1n) is 18.7. The maximum absolute atomic E-state index is 12.2. The Morgan fingerprint density at radius 1 is 0.444 bits per heavy atom. The summed E-state index contributed by atoms with van der Waals surface area (Å²) in [4.78, 5) is 46.9. The predicted octanol–water partition coefficient (Wildman–Crippen LogP) is -0.432. The molecule has 0 saturated carbocycles. The van der Waals surface area contributed by atoms with Crippen molar-refractivity contribution in [2.24, 2.45) is 0 Å². The fourth-order valence-electron chi connectivity index (χ4n) is 3.99. The molecule has 19 nitrogen and oxygen atoms in total. The Hall–Kier alpha value is -2.56. The van der Waals surface area contributed by atoms with E-state index in [9.17, 15) is 19.2 Å². The lowest BCUT2D eigenvalue weighted by molar-refractivity contribution is -0.137. The lowest BCUT2D eigenvalue weighted by atomic mass is 10.3. The second-order valence-electron chi connectivity index (χ2n) is 11.4. The smallest absolute Gasteiger partial charge is 0.305 e. The minimum atomic E-state index is -1.02. The van der Waals surface area contributed by atoms with Crippen molar-refractivity contribution in [3.8, 4) is 0 Å². The fourth-order valence-corrected chi connectivity index (χ4v) is 3.99. The maximum Gasteiger partial charge on any atom is 0.305 e. The van der Waals surface area contributed by atoms with Gasteiger partial charge >= 0.3 is 5.97 Å². The maximum atomic E-state index is 12.2. The number of amides is 3. The zero-order valence-corrected chi connectivity index (χ0v) is 32.8. The molecule has 0 aromatic carbocycles. The molecule has 318 valence electrons. The van der Waals surface area contributed by atoms with E-state index in [0.29, 0.717) is 52.8 Å². The van der Waals surface area contributed by atoms with Gasteiger partial charge in [-0.2, -0.15) is 0 Å². The zero-order chi connectivity index (χ0) is 39.9. The summed E-state index contributed by atoms with van der Waals surface area (Å²) in [5.41, 5.74) is 0. The van der Waals surface area contributed by atoms with Crippen LogP contribution >= 0.6 is 0 Å². The minimum absolute atomic E-state index is 0.0171. The number of carbonyl (C=O) groups is 4. The molecule has 0 radical (unpaired) electrons. The number of carboxylic acid groups (broad SMARTS) is 1. The topological polar surface area (TPSA) is 226 Å². The molecule has 0 saturated heterocycles. The first-order valence-corrected chi connectivity index (χ1v) is 18.7. The largest absolute Gasteiger partial charge is 0.481 e. The van der Waals surface area contributed by atoms with E-state index >= 15 is 0 Å². The van der Waals surface area contributed by atoms with Gasteiger partial charge < -0.3 is 73.2 Å². The normalized spacial score (nSPS) is 13.0. The van der Waals surface area contributed by atoms with Crippen molar-refractivity contribution in [3.05, 3.63) is 0 Å². The Kier molecular flexibility index (Phi) is 36.9. The third-order valence-electron chi connectivity index (χ3n) is 6.85. The first-order chi connectivity index (χ1) is 26.2. The molecule has 0 bridgehead atoms. The average molecular weight is 786 g/mol. The minimum Gasteiger partial charge on any atom is -0.481 e. The van der Waals surface area contributed by atoms with Gasteiger partial charge in [0.25, 0.3) is 0 Å². The van der Waals surface area contributed by atoms with Crippen LogP contribution in [0.5, 0.6) is 0 Å². The van der Waals surface area contributed by atoms with Crippen LogP contribution in [0.1, 0.15) is 40.5 Å². The Bertz CT molecular complexity index is 920. The van der Waals surface area contributed by atoms with Crippen molar-refractivity contribution in [1.82, 2.24) is 16.0 Å². The zero-order valence-electron chi connectivity index (χ0n) is 32.8. The second-order valence-corrected chi connectivity index (χ2v) is 11.4. The standard InChI is InChI=1S/C35H67N3O16/c1-5-29(21-45-7-3)52-26-33(40)37-11-13-47-16-19-50-24-31(54-27-32(39)36-10-9-35(42)43)25-51-20-17-48-14-12-38-34(41)28-53-30(22-46-8-4)23-49-18-15-44-6-2/h29-31H,5-28H2,1-4H3,(H,36,39)(H,37,40)(H,38,41)(H,42,43). The van der Waals surface area contributed by atoms with E-state index in [2.05, 4.69) is 16.0 Å². The Morgan fingerprint density at radius 3 is 1.20 bits per heavy atom. The van der Waals surface area contributed by atoms with Crippen molar-refractivity contribution >= 4 is 23.7 Å². The summed E-state index contributed by atoms with van der Waals surface area (Å²) in [6.07, 6.45) is -0.582. The van der Waals surface area contributed by atoms with Gasteiger partial charge in [-0.25, -0.2) is 0 Å². The highest BCUT2D eigenvalue weighted by Crippen LogP contribution is 2.00. The lowest BCUT2D eigenvalue weighted by Gasteiger charge is -2.18. The third kappa shape index (κ3) is 35.2. The predicted molar refractivity (Wildman–Crippen MR) is 194 cm³/mol. The molecule has 0 spiro atoms. The van der Waals surface area contributed by atoms with Gasteiger partial charge in [-0.05, 0) is 27.2 Å². The lowest BCUT2D eigenvalue weighted by Crippen LogP contribution is -2.35. The highest BCUT2D eigenvalue weighted by molar-refractivity contribution is 5.78. The molecule has 3 amide bonds. The molecule has 0 aromatic heterocycles. The Morgan fingerprint density at radius 2 is 0.796 bits per heavy atom. The van der Waals surface area contributed by atoms with E-state index in [4.69, 9.17) is 57.2 Å². The van der Waals surface area contributed by atoms with E-state index in [-0.39, 0.29) is 123 Å². The van der Waals surface area contributed by atoms with Crippen LogP contribution in [0.3, 0.4) is 0 Å². The average Bonchev–Trinajstić information content (AvgIpc) is 3.15. The second kappa shape index (κ2) is 38.7. The van der Waals surface area contributed by atoms with Crippen molar-refractivity contribution in [1.29, 1.82) is 0 Å². The Balaban J connectivity index is 4.30. The quantitative estimate of drug-likeness (QED) is 0.0577. The summed E-state index contributed by atoms with van der Waals surface area (Å²) in [6, 6.07) is 0. The molecule has 4 N–H and O–H groups in total. The molecular weight excluding hydrogens is 718 g/mol. The number of carbonyl (C=O) groups excluding carboxylic acids is 3. The van der Waals surface area contributed by atoms with Gasteiger partial charge in [-0.15, -0.1) is 0 Å². The molecule has 0 aliphatic rings. The van der Waals surface area contributed by atoms with Crippen molar-refractivity contribution in [3.63, 3.8) is 0 Å². The van der Waals surface area contributed by atoms with Crippen LogP contribution in [0.15, 0.2) is 0 Å². The van der Waals surface area contributed by atoms with Crippen LogP contribution in [-0.4, -0.2) is 192 Å². The summed E-state index contributed by atoms with van der Waals surface area (Å²) in [7, 11) is 0. The summed E-state index contributed by atoms with van der Waals surface area (Å²) in [5, 5.41) is 16.7. The number of ether oxygens (including phenoxy) is 11. The van der Waals surface area contributed by atoms with Gasteiger partial charge in [0.1, 0.15) is 32.0 Å². The van der Waals surface area contributed by atoms with Crippen LogP contribution in [0.4, 0.5) is 0 Å². The van der Waals surface area contributed by atoms with Crippen molar-refractivity contribution in [2.45, 2.75) is 58.8 Å². The molecule has 3 atom stereocenters.